The van der Waals surface area contributed by atoms with Gasteiger partial charge in [0.2, 0.25) is 0 Å². The number of nitrogens with one attached hydrogen (secondary N) is 2. The second kappa shape index (κ2) is 6.18. The van der Waals surface area contributed by atoms with Crippen LogP contribution in [-0.4, -0.2) is 42.6 Å². The Hall–Kier alpha value is -2.24. The summed E-state index contributed by atoms with van der Waals surface area (Å²) in [5.41, 5.74) is 1.59. The van der Waals surface area contributed by atoms with Gasteiger partial charge in [0, 0.05) is 37.1 Å². The van der Waals surface area contributed by atoms with Crippen molar-refractivity contribution in [1.29, 1.82) is 0 Å². The molecule has 2 aliphatic carbocycles. The van der Waals surface area contributed by atoms with Crippen molar-refractivity contribution >= 4 is 23.4 Å². The van der Waals surface area contributed by atoms with Crippen LogP contribution in [-0.2, 0) is 0 Å². The highest BCUT2D eigenvalue weighted by Crippen LogP contribution is 2.47. The van der Waals surface area contributed by atoms with Crippen molar-refractivity contribution in [2.24, 2.45) is 17.8 Å². The Morgan fingerprint density at radius 2 is 1.85 bits per heavy atom. The van der Waals surface area contributed by atoms with Crippen molar-refractivity contribution in [3.8, 4) is 0 Å². The van der Waals surface area contributed by atoms with Gasteiger partial charge in [-0.2, -0.15) is 0 Å². The van der Waals surface area contributed by atoms with Crippen LogP contribution in [0, 0.1) is 17.8 Å². The van der Waals surface area contributed by atoms with Crippen LogP contribution in [0.4, 0.5) is 21.0 Å². The highest BCUT2D eigenvalue weighted by Gasteiger charge is 2.44. The van der Waals surface area contributed by atoms with Crippen LogP contribution in [0.2, 0.25) is 0 Å². The van der Waals surface area contributed by atoms with Crippen molar-refractivity contribution in [3.63, 3.8) is 0 Å². The third-order valence-corrected chi connectivity index (χ3v) is 6.63. The predicted molar refractivity (Wildman–Crippen MR) is 100 cm³/mol. The Morgan fingerprint density at radius 1 is 1.08 bits per heavy atom. The summed E-state index contributed by atoms with van der Waals surface area (Å²) >= 11 is 0. The zero-order valence-electron chi connectivity index (χ0n) is 15.0. The highest BCUT2D eigenvalue weighted by molar-refractivity contribution is 5.95. The number of amides is 4. The number of fused-ring (bicyclic) bond motifs is 1. The van der Waals surface area contributed by atoms with Crippen LogP contribution in [0.3, 0.4) is 0 Å². The molecule has 4 amide bonds. The predicted octanol–water partition coefficient (Wildman–Crippen LogP) is 3.26. The minimum Gasteiger partial charge on any atom is -0.336 e. The van der Waals surface area contributed by atoms with Crippen molar-refractivity contribution in [1.82, 2.24) is 10.2 Å². The summed E-state index contributed by atoms with van der Waals surface area (Å²) < 4.78 is 0. The summed E-state index contributed by atoms with van der Waals surface area (Å²) in [6.07, 6.45) is 6.33. The van der Waals surface area contributed by atoms with E-state index in [4.69, 9.17) is 0 Å². The van der Waals surface area contributed by atoms with Gasteiger partial charge in [0.05, 0.1) is 0 Å². The van der Waals surface area contributed by atoms with Crippen LogP contribution in [0.25, 0.3) is 0 Å². The molecule has 4 bridgehead atoms. The summed E-state index contributed by atoms with van der Waals surface area (Å²) in [5.74, 6) is 2.33. The molecule has 2 saturated carbocycles. The molecule has 5 fully saturated rings. The molecule has 5 aliphatic rings. The molecule has 1 aromatic rings. The molecule has 2 unspecified atom stereocenters. The standard InChI is InChI=1S/C20H26N4O2/c25-19-21-4-5-23(19)17-3-1-2-16(11-17)22-20(26)24-12-15-7-13-6-14(8-15)10-18(24)9-13/h1-3,11,13-15,18H,4-10,12H2,(H,21,25)(H,22,26). The lowest BCUT2D eigenvalue weighted by Gasteiger charge is -2.38. The van der Waals surface area contributed by atoms with Crippen molar-refractivity contribution in [2.45, 2.75) is 38.1 Å². The fraction of sp³-hybridized carbons (Fsp3) is 0.600. The van der Waals surface area contributed by atoms with Gasteiger partial charge in [-0.1, -0.05) is 6.07 Å². The molecule has 2 N–H and O–H groups in total. The third-order valence-electron chi connectivity index (χ3n) is 6.63. The molecule has 0 aromatic heterocycles. The molecular weight excluding hydrogens is 328 g/mol. The fourth-order valence-corrected chi connectivity index (χ4v) is 5.70. The lowest BCUT2D eigenvalue weighted by molar-refractivity contribution is 0.136. The topological polar surface area (TPSA) is 64.7 Å². The van der Waals surface area contributed by atoms with Gasteiger partial charge in [0.15, 0.2) is 0 Å². The van der Waals surface area contributed by atoms with E-state index in [1.54, 1.807) is 4.90 Å². The van der Waals surface area contributed by atoms with Gasteiger partial charge in [-0.05, 0) is 68.1 Å². The molecule has 1 aromatic carbocycles. The third kappa shape index (κ3) is 2.81. The number of carbonyl (C=O) groups excluding carboxylic acids is 2. The van der Waals surface area contributed by atoms with Crippen molar-refractivity contribution in [2.75, 3.05) is 29.9 Å². The van der Waals surface area contributed by atoms with Gasteiger partial charge >= 0.3 is 12.1 Å². The Kier molecular flexibility index (Phi) is 3.80. The highest BCUT2D eigenvalue weighted by atomic mass is 16.2. The summed E-state index contributed by atoms with van der Waals surface area (Å²) in [6.45, 7) is 2.22. The number of rotatable bonds is 2. The first-order valence-electron chi connectivity index (χ1n) is 9.89. The molecule has 2 atom stereocenters. The fourth-order valence-electron chi connectivity index (χ4n) is 5.70. The summed E-state index contributed by atoms with van der Waals surface area (Å²) in [5, 5.41) is 5.90. The molecule has 3 heterocycles. The maximum atomic E-state index is 13.0. The Bertz CT molecular complexity index is 722. The van der Waals surface area contributed by atoms with Gasteiger partial charge in [0.25, 0.3) is 0 Å². The lowest BCUT2D eigenvalue weighted by atomic mass is 9.68. The zero-order valence-corrected chi connectivity index (χ0v) is 15.0. The molecule has 3 aliphatic heterocycles. The van der Waals surface area contributed by atoms with E-state index in [2.05, 4.69) is 15.5 Å². The molecule has 0 radical (unpaired) electrons. The molecule has 138 valence electrons. The van der Waals surface area contributed by atoms with Crippen LogP contribution in [0.5, 0.6) is 0 Å². The normalized spacial score (nSPS) is 32.5. The number of benzene rings is 1. The first-order valence-corrected chi connectivity index (χ1v) is 9.89. The van der Waals surface area contributed by atoms with Crippen LogP contribution < -0.4 is 15.5 Å². The van der Waals surface area contributed by atoms with Gasteiger partial charge in [-0.15, -0.1) is 0 Å². The number of nitrogens with zero attached hydrogens (tertiary/aromatic N) is 2. The number of hydrogen-bond acceptors (Lipinski definition) is 2. The molecule has 26 heavy (non-hydrogen) atoms. The number of urea groups is 2. The monoisotopic (exact) mass is 354 g/mol. The van der Waals surface area contributed by atoms with Gasteiger partial charge in [-0.25, -0.2) is 9.59 Å². The van der Waals surface area contributed by atoms with E-state index in [0.29, 0.717) is 25.0 Å². The van der Waals surface area contributed by atoms with E-state index in [1.807, 2.05) is 24.3 Å². The molecule has 6 rings (SSSR count). The van der Waals surface area contributed by atoms with Gasteiger partial charge < -0.3 is 15.5 Å². The smallest absolute Gasteiger partial charge is 0.322 e. The minimum absolute atomic E-state index is 0.0197. The first kappa shape index (κ1) is 16.0. The number of anilines is 2. The maximum Gasteiger partial charge on any atom is 0.322 e. The van der Waals surface area contributed by atoms with Crippen molar-refractivity contribution < 1.29 is 9.59 Å². The van der Waals surface area contributed by atoms with E-state index >= 15 is 0 Å². The minimum atomic E-state index is -0.0750. The van der Waals surface area contributed by atoms with Gasteiger partial charge in [0.1, 0.15) is 0 Å². The summed E-state index contributed by atoms with van der Waals surface area (Å²) in [4.78, 5) is 28.7. The largest absolute Gasteiger partial charge is 0.336 e. The SMILES string of the molecule is O=C1NCCN1c1cccc(NC(=O)N2CC3CC4CC(C3)CC2C4)c1. The van der Waals surface area contributed by atoms with E-state index in [-0.39, 0.29) is 12.1 Å². The quantitative estimate of drug-likeness (QED) is 0.856. The van der Waals surface area contributed by atoms with Gasteiger partial charge in [-0.3, -0.25) is 4.90 Å². The summed E-state index contributed by atoms with van der Waals surface area (Å²) in [7, 11) is 0. The second-order valence-electron chi connectivity index (χ2n) is 8.45. The molecule has 6 heteroatoms. The van der Waals surface area contributed by atoms with E-state index < -0.39 is 0 Å². The van der Waals surface area contributed by atoms with Crippen LogP contribution >= 0.6 is 0 Å². The molecular formula is C20H26N4O2. The molecule has 0 spiro atoms. The van der Waals surface area contributed by atoms with E-state index in [1.165, 1.54) is 32.1 Å². The van der Waals surface area contributed by atoms with Crippen LogP contribution in [0.1, 0.15) is 32.1 Å². The number of carbonyl (C=O) groups is 2. The Balaban J connectivity index is 1.32. The first-order chi connectivity index (χ1) is 12.7. The average Bonchev–Trinajstić information content (AvgIpc) is 2.95. The molecule has 3 saturated heterocycles. The Labute approximate surface area is 153 Å². The maximum absolute atomic E-state index is 13.0. The van der Waals surface area contributed by atoms with Crippen molar-refractivity contribution in [3.05, 3.63) is 24.3 Å². The Morgan fingerprint density at radius 3 is 2.58 bits per heavy atom. The zero-order chi connectivity index (χ0) is 17.7. The average molecular weight is 354 g/mol. The van der Waals surface area contributed by atoms with E-state index in [9.17, 15) is 9.59 Å². The summed E-state index contributed by atoms with van der Waals surface area (Å²) in [6, 6.07) is 7.94. The van der Waals surface area contributed by atoms with Crippen LogP contribution in [0.15, 0.2) is 24.3 Å². The van der Waals surface area contributed by atoms with E-state index in [0.717, 1.165) is 29.8 Å². The second-order valence-corrected chi connectivity index (χ2v) is 8.45. The lowest BCUT2D eigenvalue weighted by Crippen LogP contribution is -2.44. The number of hydrogen-bond donors (Lipinski definition) is 2. The molecule has 6 nitrogen and oxygen atoms in total.